The number of fused-ring (bicyclic) bond motifs is 2. The van der Waals surface area contributed by atoms with Gasteiger partial charge in [-0.05, 0) is 36.8 Å². The average molecular weight is 319 g/mol. The Kier molecular flexibility index (Phi) is 3.06. The van der Waals surface area contributed by atoms with Crippen molar-refractivity contribution in [2.24, 2.45) is 0 Å². The number of rotatable bonds is 2. The van der Waals surface area contributed by atoms with E-state index >= 15 is 0 Å². The largest absolute Gasteiger partial charge is 0.310 e. The van der Waals surface area contributed by atoms with E-state index in [1.807, 2.05) is 0 Å². The summed E-state index contributed by atoms with van der Waals surface area (Å²) in [6.45, 7) is 1.84. The number of hydrogen-bond acceptors (Lipinski definition) is 4. The number of hydrogen-bond donors (Lipinski definition) is 1. The van der Waals surface area contributed by atoms with Gasteiger partial charge >= 0.3 is 0 Å². The van der Waals surface area contributed by atoms with Gasteiger partial charge in [0.2, 0.25) is 0 Å². The van der Waals surface area contributed by atoms with Gasteiger partial charge in [0.1, 0.15) is 5.82 Å². The minimum Gasteiger partial charge on any atom is -0.310 e. The van der Waals surface area contributed by atoms with Crippen LogP contribution in [0.3, 0.4) is 0 Å². The van der Waals surface area contributed by atoms with Gasteiger partial charge in [-0.3, -0.25) is 19.3 Å². The average Bonchev–Trinajstić information content (AvgIpc) is 2.81. The van der Waals surface area contributed by atoms with Crippen molar-refractivity contribution in [2.45, 2.75) is 13.5 Å². The van der Waals surface area contributed by atoms with E-state index < -0.39 is 0 Å². The number of aromatic nitrogens is 2. The summed E-state index contributed by atoms with van der Waals surface area (Å²) in [6.07, 6.45) is 0. The molecule has 1 aliphatic rings. The molecular weight excluding hydrogens is 306 g/mol. The Balaban J connectivity index is 1.72. The van der Waals surface area contributed by atoms with Gasteiger partial charge < -0.3 is 4.98 Å². The van der Waals surface area contributed by atoms with Crippen molar-refractivity contribution in [2.75, 3.05) is 0 Å². The zero-order chi connectivity index (χ0) is 16.8. The minimum atomic E-state index is -0.313. The molecule has 0 fully saturated rings. The first-order valence-electron chi connectivity index (χ1n) is 7.49. The second-order valence-corrected chi connectivity index (χ2v) is 5.74. The van der Waals surface area contributed by atoms with Gasteiger partial charge in [-0.25, -0.2) is 4.98 Å². The summed E-state index contributed by atoms with van der Waals surface area (Å²) in [7, 11) is 0. The van der Waals surface area contributed by atoms with Crippen molar-refractivity contribution >= 4 is 22.7 Å². The highest BCUT2D eigenvalue weighted by atomic mass is 16.2. The summed E-state index contributed by atoms with van der Waals surface area (Å²) in [6, 6.07) is 11.9. The standard InChI is InChI=1S/C18H13N3O3/c1-10-19-15-7-6-11(8-14(15)16(22)20-10)9-21-17(23)12-4-2-3-5-13(12)18(21)24/h2-8H,9H2,1H3,(H,19,20,22). The highest BCUT2D eigenvalue weighted by molar-refractivity contribution is 6.21. The normalized spacial score (nSPS) is 13.6. The van der Waals surface area contributed by atoms with E-state index in [0.717, 1.165) is 0 Å². The van der Waals surface area contributed by atoms with Crippen LogP contribution in [-0.2, 0) is 6.54 Å². The smallest absolute Gasteiger partial charge is 0.261 e. The molecule has 0 atom stereocenters. The van der Waals surface area contributed by atoms with E-state index in [-0.39, 0.29) is 23.9 Å². The first-order chi connectivity index (χ1) is 11.5. The number of aromatic amines is 1. The second-order valence-electron chi connectivity index (χ2n) is 5.74. The number of imide groups is 1. The Bertz CT molecular complexity index is 1030. The third-order valence-corrected chi connectivity index (χ3v) is 4.11. The maximum absolute atomic E-state index is 12.4. The molecule has 4 rings (SSSR count). The molecule has 24 heavy (non-hydrogen) atoms. The maximum Gasteiger partial charge on any atom is 0.261 e. The topological polar surface area (TPSA) is 83.1 Å². The summed E-state index contributed by atoms with van der Waals surface area (Å²) in [4.78, 5) is 45.0. The van der Waals surface area contributed by atoms with Crippen LogP contribution in [0.25, 0.3) is 10.9 Å². The van der Waals surface area contributed by atoms with Gasteiger partial charge in [0.15, 0.2) is 0 Å². The van der Waals surface area contributed by atoms with Crippen LogP contribution in [0.1, 0.15) is 32.1 Å². The van der Waals surface area contributed by atoms with Crippen LogP contribution in [0.2, 0.25) is 0 Å². The Morgan fingerprint density at radius 2 is 1.67 bits per heavy atom. The van der Waals surface area contributed by atoms with Crippen molar-refractivity contribution in [3.05, 3.63) is 75.3 Å². The van der Waals surface area contributed by atoms with E-state index in [0.29, 0.717) is 33.4 Å². The molecule has 118 valence electrons. The van der Waals surface area contributed by atoms with Crippen LogP contribution in [0.4, 0.5) is 0 Å². The molecule has 0 unspecified atom stereocenters. The maximum atomic E-state index is 12.4. The van der Waals surface area contributed by atoms with Crippen LogP contribution in [0.15, 0.2) is 47.3 Å². The van der Waals surface area contributed by atoms with Crippen LogP contribution in [0, 0.1) is 6.92 Å². The van der Waals surface area contributed by atoms with E-state index in [1.54, 1.807) is 49.4 Å². The summed E-state index contributed by atoms with van der Waals surface area (Å²) in [5.74, 6) is -0.0844. The van der Waals surface area contributed by atoms with Crippen molar-refractivity contribution in [1.82, 2.24) is 14.9 Å². The molecule has 1 aromatic heterocycles. The first-order valence-corrected chi connectivity index (χ1v) is 7.49. The molecule has 0 aliphatic carbocycles. The summed E-state index contributed by atoms with van der Waals surface area (Å²) >= 11 is 0. The van der Waals surface area contributed by atoms with Crippen molar-refractivity contribution in [3.8, 4) is 0 Å². The molecule has 2 heterocycles. The lowest BCUT2D eigenvalue weighted by molar-refractivity contribution is 0.0642. The summed E-state index contributed by atoms with van der Waals surface area (Å²) in [5, 5.41) is 0.440. The highest BCUT2D eigenvalue weighted by Gasteiger charge is 2.34. The molecule has 0 bridgehead atoms. The summed E-state index contributed by atoms with van der Waals surface area (Å²) < 4.78 is 0. The van der Waals surface area contributed by atoms with Gasteiger partial charge in [-0.1, -0.05) is 18.2 Å². The van der Waals surface area contributed by atoms with Gasteiger partial charge in [-0.15, -0.1) is 0 Å². The van der Waals surface area contributed by atoms with Crippen LogP contribution >= 0.6 is 0 Å². The number of nitrogens with zero attached hydrogens (tertiary/aromatic N) is 2. The Labute approximate surface area is 136 Å². The molecule has 0 saturated carbocycles. The predicted molar refractivity (Wildman–Crippen MR) is 87.7 cm³/mol. The molecule has 6 heteroatoms. The molecule has 1 N–H and O–H groups in total. The fourth-order valence-electron chi connectivity index (χ4n) is 2.97. The molecule has 2 amide bonds. The molecule has 0 radical (unpaired) electrons. The highest BCUT2D eigenvalue weighted by Crippen LogP contribution is 2.24. The molecule has 0 spiro atoms. The lowest BCUT2D eigenvalue weighted by Crippen LogP contribution is -2.29. The SMILES string of the molecule is Cc1nc2ccc(CN3C(=O)c4ccccc4C3=O)cc2c(=O)[nH]1. The van der Waals surface area contributed by atoms with Gasteiger partial charge in [0.05, 0.1) is 28.6 Å². The van der Waals surface area contributed by atoms with E-state index in [4.69, 9.17) is 0 Å². The third kappa shape index (κ3) is 2.11. The zero-order valence-corrected chi connectivity index (χ0v) is 12.9. The predicted octanol–water partition coefficient (Wildman–Crippen LogP) is 2.03. The van der Waals surface area contributed by atoms with Crippen molar-refractivity contribution < 1.29 is 9.59 Å². The quantitative estimate of drug-likeness (QED) is 0.733. The number of aryl methyl sites for hydroxylation is 1. The molecular formula is C18H13N3O3. The first kappa shape index (κ1) is 14.3. The fraction of sp³-hybridized carbons (Fsp3) is 0.111. The fourth-order valence-corrected chi connectivity index (χ4v) is 2.97. The number of amides is 2. The van der Waals surface area contributed by atoms with Crippen LogP contribution in [0.5, 0.6) is 0 Å². The Morgan fingerprint density at radius 1 is 1.00 bits per heavy atom. The number of benzene rings is 2. The second kappa shape index (κ2) is 5.13. The van der Waals surface area contributed by atoms with E-state index in [9.17, 15) is 14.4 Å². The lowest BCUT2D eigenvalue weighted by atomic mass is 10.1. The van der Waals surface area contributed by atoms with E-state index in [1.165, 1.54) is 4.90 Å². The Hall–Kier alpha value is -3.28. The molecule has 1 aliphatic heterocycles. The van der Waals surface area contributed by atoms with Crippen molar-refractivity contribution in [3.63, 3.8) is 0 Å². The van der Waals surface area contributed by atoms with Gasteiger partial charge in [0.25, 0.3) is 17.4 Å². The van der Waals surface area contributed by atoms with Gasteiger partial charge in [-0.2, -0.15) is 0 Å². The third-order valence-electron chi connectivity index (χ3n) is 4.11. The Morgan fingerprint density at radius 3 is 2.33 bits per heavy atom. The number of carbonyl (C=O) groups is 2. The minimum absolute atomic E-state index is 0.121. The van der Waals surface area contributed by atoms with Crippen molar-refractivity contribution in [1.29, 1.82) is 0 Å². The zero-order valence-electron chi connectivity index (χ0n) is 12.9. The molecule has 0 saturated heterocycles. The van der Waals surface area contributed by atoms with Crippen LogP contribution in [-0.4, -0.2) is 26.7 Å². The van der Waals surface area contributed by atoms with Gasteiger partial charge in [0, 0.05) is 0 Å². The molecule has 3 aromatic rings. The number of carbonyl (C=O) groups excluding carboxylic acids is 2. The molecule has 6 nitrogen and oxygen atoms in total. The lowest BCUT2D eigenvalue weighted by Gasteiger charge is -2.14. The molecule has 2 aromatic carbocycles. The van der Waals surface area contributed by atoms with E-state index in [2.05, 4.69) is 9.97 Å². The monoisotopic (exact) mass is 319 g/mol. The van der Waals surface area contributed by atoms with Crippen LogP contribution < -0.4 is 5.56 Å². The summed E-state index contributed by atoms with van der Waals surface area (Å²) in [5.41, 5.74) is 1.88. The number of nitrogens with one attached hydrogen (secondary N) is 1. The number of H-pyrrole nitrogens is 1.